The monoisotopic (exact) mass is 512 g/mol. The Hall–Kier alpha value is -2.60. The number of carbonyl (C=O) groups is 1. The van der Waals surface area contributed by atoms with Gasteiger partial charge in [-0.15, -0.1) is 0 Å². The third kappa shape index (κ3) is 4.65. The first-order chi connectivity index (χ1) is 16.3. The number of carbonyl (C=O) groups excluding carboxylic acids is 1. The molecule has 1 aromatic carbocycles. The van der Waals surface area contributed by atoms with Gasteiger partial charge in [0.05, 0.1) is 11.4 Å². The fourth-order valence-corrected chi connectivity index (χ4v) is 5.87. The molecule has 1 amide bonds. The van der Waals surface area contributed by atoms with Gasteiger partial charge >= 0.3 is 0 Å². The van der Waals surface area contributed by atoms with Gasteiger partial charge in [-0.2, -0.15) is 5.26 Å². The first kappa shape index (κ1) is 24.5. The molecule has 6 nitrogen and oxygen atoms in total. The normalized spacial score (nSPS) is 17.9. The van der Waals surface area contributed by atoms with Gasteiger partial charge in [0.2, 0.25) is 0 Å². The number of benzene rings is 1. The molecule has 2 aliphatic rings. The van der Waals surface area contributed by atoms with Crippen LogP contribution in [0.25, 0.3) is 6.08 Å². The Morgan fingerprint density at radius 2 is 1.85 bits per heavy atom. The molecule has 0 spiro atoms. The number of hydrogen-bond donors (Lipinski definition) is 0. The fraction of sp³-hybridized carbons (Fsp3) is 0.360. The standard InChI is InChI=1S/C25H25ClN4O2S2/c1-16-18(22(28(2)23(31)19(16)14-27)29-11-7-3-4-8-12-29)13-21-24(32)30(25(33)34-21)15-17-9-5-6-10-20(17)26/h5-6,9-10,13H,3-4,7-8,11-12,15H2,1-2H3. The summed E-state index contributed by atoms with van der Waals surface area (Å²) < 4.78 is 2.00. The molecule has 176 valence electrons. The number of nitriles is 1. The maximum atomic E-state index is 13.4. The van der Waals surface area contributed by atoms with Crippen LogP contribution in [0.2, 0.25) is 5.02 Å². The highest BCUT2D eigenvalue weighted by molar-refractivity contribution is 8.26. The number of rotatable bonds is 4. The summed E-state index contributed by atoms with van der Waals surface area (Å²) in [7, 11) is 1.70. The van der Waals surface area contributed by atoms with Crippen molar-refractivity contribution in [3.05, 3.63) is 66.8 Å². The van der Waals surface area contributed by atoms with Crippen molar-refractivity contribution in [1.29, 1.82) is 5.26 Å². The van der Waals surface area contributed by atoms with Crippen molar-refractivity contribution in [3.8, 4) is 6.07 Å². The number of thiocarbonyl (C=S) groups is 1. The number of pyridine rings is 1. The average molecular weight is 513 g/mol. The van der Waals surface area contributed by atoms with Crippen molar-refractivity contribution in [2.24, 2.45) is 7.05 Å². The highest BCUT2D eigenvalue weighted by atomic mass is 35.5. The maximum Gasteiger partial charge on any atom is 0.270 e. The second-order valence-electron chi connectivity index (χ2n) is 8.47. The lowest BCUT2D eigenvalue weighted by molar-refractivity contribution is -0.122. The van der Waals surface area contributed by atoms with Gasteiger partial charge < -0.3 is 4.90 Å². The van der Waals surface area contributed by atoms with Crippen LogP contribution < -0.4 is 10.5 Å². The van der Waals surface area contributed by atoms with E-state index in [1.54, 1.807) is 35.6 Å². The molecule has 3 heterocycles. The van der Waals surface area contributed by atoms with Crippen molar-refractivity contribution in [3.63, 3.8) is 0 Å². The van der Waals surface area contributed by atoms with E-state index in [1.165, 1.54) is 11.8 Å². The molecule has 1 aromatic heterocycles. The molecule has 0 saturated carbocycles. The molecule has 0 aliphatic carbocycles. The first-order valence-electron chi connectivity index (χ1n) is 11.2. The molecule has 0 radical (unpaired) electrons. The summed E-state index contributed by atoms with van der Waals surface area (Å²) in [6, 6.07) is 9.43. The lowest BCUT2D eigenvalue weighted by Gasteiger charge is -2.28. The molecule has 9 heteroatoms. The summed E-state index contributed by atoms with van der Waals surface area (Å²) in [5, 5.41) is 10.3. The summed E-state index contributed by atoms with van der Waals surface area (Å²) in [6.45, 7) is 3.72. The quantitative estimate of drug-likeness (QED) is 0.424. The molecule has 2 fully saturated rings. The highest BCUT2D eigenvalue weighted by Crippen LogP contribution is 2.37. The Bertz CT molecular complexity index is 1290. The SMILES string of the molecule is Cc1c(C=C2SC(=S)N(Cc3ccccc3Cl)C2=O)c(N2CCCCCC2)n(C)c(=O)c1C#N. The molecular weight excluding hydrogens is 488 g/mol. The third-order valence-corrected chi connectivity index (χ3v) is 8.06. The molecular formula is C25H25ClN4O2S2. The summed E-state index contributed by atoms with van der Waals surface area (Å²) in [5.41, 5.74) is 1.90. The molecule has 2 aromatic rings. The molecule has 0 unspecified atom stereocenters. The topological polar surface area (TPSA) is 69.3 Å². The van der Waals surface area contributed by atoms with Crippen molar-refractivity contribution in [2.75, 3.05) is 18.0 Å². The molecule has 0 N–H and O–H groups in total. The molecule has 0 atom stereocenters. The number of hydrogen-bond acceptors (Lipinski definition) is 6. The zero-order chi connectivity index (χ0) is 24.4. The Labute approximate surface area is 213 Å². The van der Waals surface area contributed by atoms with Crippen LogP contribution in [0.5, 0.6) is 0 Å². The lowest BCUT2D eigenvalue weighted by Crippen LogP contribution is -2.34. The van der Waals surface area contributed by atoms with E-state index < -0.39 is 0 Å². The number of nitrogens with zero attached hydrogens (tertiary/aromatic N) is 4. The molecule has 2 saturated heterocycles. The molecule has 0 bridgehead atoms. The van der Waals surface area contributed by atoms with E-state index in [1.807, 2.05) is 18.2 Å². The summed E-state index contributed by atoms with van der Waals surface area (Å²) in [5.74, 6) is 0.545. The van der Waals surface area contributed by atoms with Crippen LogP contribution in [0.15, 0.2) is 34.0 Å². The van der Waals surface area contributed by atoms with Crippen LogP contribution in [0.1, 0.15) is 47.9 Å². The van der Waals surface area contributed by atoms with Crippen molar-refractivity contribution in [1.82, 2.24) is 9.47 Å². The minimum absolute atomic E-state index is 0.0962. The van der Waals surface area contributed by atoms with Crippen LogP contribution in [0, 0.1) is 18.3 Å². The number of thioether (sulfide) groups is 1. The van der Waals surface area contributed by atoms with E-state index in [9.17, 15) is 14.9 Å². The van der Waals surface area contributed by atoms with Crippen LogP contribution >= 0.6 is 35.6 Å². The van der Waals surface area contributed by atoms with E-state index in [0.717, 1.165) is 55.7 Å². The Kier molecular flexibility index (Phi) is 7.46. The van der Waals surface area contributed by atoms with Gasteiger partial charge in [0, 0.05) is 30.7 Å². The zero-order valence-corrected chi connectivity index (χ0v) is 21.5. The molecule has 2 aliphatic heterocycles. The summed E-state index contributed by atoms with van der Waals surface area (Å²) >= 11 is 13.1. The van der Waals surface area contributed by atoms with Crippen LogP contribution in [0.3, 0.4) is 0 Å². The van der Waals surface area contributed by atoms with Crippen molar-refractivity contribution in [2.45, 2.75) is 39.2 Å². The minimum Gasteiger partial charge on any atom is -0.357 e. The van der Waals surface area contributed by atoms with Gasteiger partial charge in [-0.05, 0) is 43.0 Å². The van der Waals surface area contributed by atoms with Gasteiger partial charge in [0.25, 0.3) is 11.5 Å². The number of anilines is 1. The minimum atomic E-state index is -0.317. The highest BCUT2D eigenvalue weighted by Gasteiger charge is 2.33. The summed E-state index contributed by atoms with van der Waals surface area (Å²) in [4.78, 5) is 30.5. The van der Waals surface area contributed by atoms with Gasteiger partial charge in [-0.1, -0.05) is 66.6 Å². The first-order valence-corrected chi connectivity index (χ1v) is 12.8. The average Bonchev–Trinajstić information content (AvgIpc) is 2.99. The van der Waals surface area contributed by atoms with Gasteiger partial charge in [0.15, 0.2) is 0 Å². The predicted octanol–water partition coefficient (Wildman–Crippen LogP) is 5.00. The number of aromatic nitrogens is 1. The maximum absolute atomic E-state index is 13.4. The van der Waals surface area contributed by atoms with E-state index in [4.69, 9.17) is 23.8 Å². The van der Waals surface area contributed by atoms with Gasteiger partial charge in [0.1, 0.15) is 21.8 Å². The predicted molar refractivity (Wildman–Crippen MR) is 142 cm³/mol. The molecule has 4 rings (SSSR count). The van der Waals surface area contributed by atoms with E-state index in [0.29, 0.717) is 19.8 Å². The second-order valence-corrected chi connectivity index (χ2v) is 10.6. The van der Waals surface area contributed by atoms with E-state index >= 15 is 0 Å². The summed E-state index contributed by atoms with van der Waals surface area (Å²) in [6.07, 6.45) is 6.16. The Balaban J connectivity index is 1.79. The van der Waals surface area contributed by atoms with Crippen LogP contribution in [-0.4, -0.2) is 32.8 Å². The largest absolute Gasteiger partial charge is 0.357 e. The third-order valence-electron chi connectivity index (χ3n) is 6.31. The fourth-order valence-electron chi connectivity index (χ4n) is 4.44. The van der Waals surface area contributed by atoms with Crippen molar-refractivity contribution >= 4 is 57.7 Å². The van der Waals surface area contributed by atoms with Crippen LogP contribution in [-0.2, 0) is 18.4 Å². The van der Waals surface area contributed by atoms with E-state index in [-0.39, 0.29) is 23.6 Å². The molecule has 34 heavy (non-hydrogen) atoms. The Morgan fingerprint density at radius 3 is 2.50 bits per heavy atom. The zero-order valence-electron chi connectivity index (χ0n) is 19.1. The van der Waals surface area contributed by atoms with E-state index in [2.05, 4.69) is 11.0 Å². The smallest absolute Gasteiger partial charge is 0.270 e. The van der Waals surface area contributed by atoms with Crippen LogP contribution in [0.4, 0.5) is 5.82 Å². The van der Waals surface area contributed by atoms with Gasteiger partial charge in [-0.25, -0.2) is 0 Å². The van der Waals surface area contributed by atoms with Crippen molar-refractivity contribution < 1.29 is 4.79 Å². The second kappa shape index (κ2) is 10.3. The Morgan fingerprint density at radius 1 is 1.18 bits per heavy atom. The van der Waals surface area contributed by atoms with Gasteiger partial charge in [-0.3, -0.25) is 19.1 Å². The number of halogens is 1. The number of amides is 1. The lowest BCUT2D eigenvalue weighted by atomic mass is 10.0.